The number of hydrogen-bond acceptors (Lipinski definition) is 1. The van der Waals surface area contributed by atoms with Gasteiger partial charge in [-0.2, -0.15) is 0 Å². The molecule has 0 atom stereocenters. The fourth-order valence-corrected chi connectivity index (χ4v) is 1.06. The zero-order valence-corrected chi connectivity index (χ0v) is 6.53. The van der Waals surface area contributed by atoms with E-state index in [4.69, 9.17) is 4.52 Å². The first kappa shape index (κ1) is 6.98. The lowest BCUT2D eigenvalue weighted by molar-refractivity contribution is 0.412. The Morgan fingerprint density at radius 1 is 0.917 bits per heavy atom. The molecule has 60 valence electrons. The van der Waals surface area contributed by atoms with E-state index in [0.29, 0.717) is 0 Å². The highest BCUT2D eigenvalue weighted by molar-refractivity contribution is 5.55. The van der Waals surface area contributed by atoms with Gasteiger partial charge in [0.25, 0.3) is 0 Å². The van der Waals surface area contributed by atoms with Crippen molar-refractivity contribution in [1.82, 2.24) is 5.16 Å². The Hall–Kier alpha value is -1.70. The van der Waals surface area contributed by atoms with E-state index in [9.17, 15) is 0 Å². The Balaban J connectivity index is 2.71. The molecule has 0 aromatic carbocycles. The molecule has 0 bridgehead atoms. The van der Waals surface area contributed by atoms with E-state index >= 15 is 0 Å². The summed E-state index contributed by atoms with van der Waals surface area (Å²) in [6.45, 7) is 0. The van der Waals surface area contributed by atoms with Crippen molar-refractivity contribution in [2.75, 3.05) is 0 Å². The van der Waals surface area contributed by atoms with Crippen LogP contribution in [0.25, 0.3) is 11.3 Å². The van der Waals surface area contributed by atoms with Crippen molar-refractivity contribution < 1.29 is 4.52 Å². The van der Waals surface area contributed by atoms with E-state index in [-0.39, 0.29) is 0 Å². The molecule has 1 heterocycles. The van der Waals surface area contributed by atoms with Gasteiger partial charge in [-0.25, -0.2) is 5.16 Å². The summed E-state index contributed by atoms with van der Waals surface area (Å²) in [7, 11) is 0. The highest BCUT2D eigenvalue weighted by Gasteiger charge is 1.96. The second kappa shape index (κ2) is 3.13. The molecule has 0 spiro atoms. The van der Waals surface area contributed by atoms with E-state index in [0.717, 1.165) is 11.3 Å². The third-order valence-corrected chi connectivity index (χ3v) is 1.64. The van der Waals surface area contributed by atoms with Crippen molar-refractivity contribution in [2.24, 2.45) is 0 Å². The highest BCUT2D eigenvalue weighted by Crippen LogP contribution is 2.16. The molecular formula is C10H9NO. The minimum absolute atomic E-state index is 0.845. The van der Waals surface area contributed by atoms with Gasteiger partial charge in [0.2, 0.25) is 0 Å². The molecule has 0 unspecified atom stereocenters. The largest absolute Gasteiger partial charge is 0.382 e. The predicted octanol–water partition coefficient (Wildman–Crippen LogP) is 2.84. The van der Waals surface area contributed by atoms with Crippen LogP contribution in [0.3, 0.4) is 0 Å². The molecule has 2 aliphatic rings. The maximum atomic E-state index is 5.19. The summed E-state index contributed by atoms with van der Waals surface area (Å²) in [6.07, 6.45) is 1.77. The van der Waals surface area contributed by atoms with Crippen LogP contribution in [0.4, 0.5) is 0 Å². The first-order chi connectivity index (χ1) is 5.97. The molecule has 2 rings (SSSR count). The van der Waals surface area contributed by atoms with E-state index in [1.54, 1.807) is 6.20 Å². The average Bonchev–Trinajstić information content (AvgIpc) is 2.06. The lowest BCUT2D eigenvalue weighted by atomic mass is 10.2. The van der Waals surface area contributed by atoms with Crippen LogP contribution in [-0.4, -0.2) is 5.16 Å². The molecule has 1 aliphatic carbocycles. The SMILES string of the molecule is c1cccc2o[nH]ccc-2cc1. The molecule has 2 nitrogen and oxygen atoms in total. The summed E-state index contributed by atoms with van der Waals surface area (Å²) in [5.41, 5.74) is 1.08. The zero-order valence-electron chi connectivity index (χ0n) is 6.53. The van der Waals surface area contributed by atoms with Crippen molar-refractivity contribution in [2.45, 2.75) is 0 Å². The molecular weight excluding hydrogens is 150 g/mol. The maximum absolute atomic E-state index is 5.19. The molecule has 0 aromatic heterocycles. The molecule has 0 saturated heterocycles. The topological polar surface area (TPSA) is 28.9 Å². The minimum atomic E-state index is 0.845. The molecule has 1 aliphatic heterocycles. The summed E-state index contributed by atoms with van der Waals surface area (Å²) in [4.78, 5) is 0. The van der Waals surface area contributed by atoms with Crippen molar-refractivity contribution in [3.8, 4) is 11.3 Å². The zero-order chi connectivity index (χ0) is 8.23. The van der Waals surface area contributed by atoms with Crippen molar-refractivity contribution in [1.29, 1.82) is 0 Å². The molecule has 12 heavy (non-hydrogen) atoms. The van der Waals surface area contributed by atoms with Gasteiger partial charge in [-0.3, -0.25) is 0 Å². The lowest BCUT2D eigenvalue weighted by Gasteiger charge is -1.97. The molecule has 0 fully saturated rings. The molecule has 1 N–H and O–H groups in total. The molecule has 0 amide bonds. The Morgan fingerprint density at radius 2 is 1.75 bits per heavy atom. The normalized spacial score (nSPS) is 9.67. The van der Waals surface area contributed by atoms with Gasteiger partial charge < -0.3 is 4.52 Å². The minimum Gasteiger partial charge on any atom is -0.382 e. The van der Waals surface area contributed by atoms with E-state index in [2.05, 4.69) is 5.16 Å². The molecule has 0 saturated carbocycles. The molecule has 2 heteroatoms. The Labute approximate surface area is 70.5 Å². The van der Waals surface area contributed by atoms with Crippen LogP contribution < -0.4 is 0 Å². The van der Waals surface area contributed by atoms with Crippen LogP contribution in [0.15, 0.2) is 53.2 Å². The lowest BCUT2D eigenvalue weighted by Crippen LogP contribution is -1.77. The van der Waals surface area contributed by atoms with Crippen molar-refractivity contribution >= 4 is 0 Å². The third-order valence-electron chi connectivity index (χ3n) is 1.64. The van der Waals surface area contributed by atoms with Crippen LogP contribution >= 0.6 is 0 Å². The summed E-state index contributed by atoms with van der Waals surface area (Å²) < 4.78 is 5.19. The molecule has 0 radical (unpaired) electrons. The van der Waals surface area contributed by atoms with Gasteiger partial charge in [0, 0.05) is 11.8 Å². The van der Waals surface area contributed by atoms with Gasteiger partial charge in [-0.15, -0.1) is 0 Å². The summed E-state index contributed by atoms with van der Waals surface area (Å²) in [6, 6.07) is 13.8. The number of H-pyrrole nitrogens is 1. The first-order valence-electron chi connectivity index (χ1n) is 3.81. The monoisotopic (exact) mass is 159 g/mol. The summed E-state index contributed by atoms with van der Waals surface area (Å²) in [5.74, 6) is 0.845. The third kappa shape index (κ3) is 1.32. The highest BCUT2D eigenvalue weighted by atomic mass is 16.5. The van der Waals surface area contributed by atoms with Gasteiger partial charge in [-0.05, 0) is 12.1 Å². The summed E-state index contributed by atoms with van der Waals surface area (Å²) >= 11 is 0. The van der Waals surface area contributed by atoms with E-state index in [1.165, 1.54) is 0 Å². The predicted molar refractivity (Wildman–Crippen MR) is 47.3 cm³/mol. The van der Waals surface area contributed by atoms with Crippen LogP contribution in [0.5, 0.6) is 0 Å². The number of aromatic nitrogens is 1. The van der Waals surface area contributed by atoms with Gasteiger partial charge in [0.05, 0.1) is 0 Å². The number of rotatable bonds is 0. The van der Waals surface area contributed by atoms with E-state index in [1.807, 2.05) is 42.5 Å². The van der Waals surface area contributed by atoms with Crippen LogP contribution in [0.1, 0.15) is 0 Å². The second-order valence-electron chi connectivity index (χ2n) is 2.48. The average molecular weight is 159 g/mol. The second-order valence-corrected chi connectivity index (χ2v) is 2.48. The van der Waals surface area contributed by atoms with Crippen LogP contribution in [-0.2, 0) is 0 Å². The Bertz CT molecular complexity index is 336. The Morgan fingerprint density at radius 3 is 2.67 bits per heavy atom. The van der Waals surface area contributed by atoms with Gasteiger partial charge >= 0.3 is 0 Å². The Kier molecular flexibility index (Phi) is 1.82. The van der Waals surface area contributed by atoms with Gasteiger partial charge in [0.1, 0.15) is 0 Å². The van der Waals surface area contributed by atoms with Crippen molar-refractivity contribution in [3.05, 3.63) is 48.7 Å². The number of aromatic amines is 1. The van der Waals surface area contributed by atoms with Gasteiger partial charge in [0.15, 0.2) is 5.76 Å². The maximum Gasteiger partial charge on any atom is 0.162 e. The summed E-state index contributed by atoms with van der Waals surface area (Å²) in [5, 5.41) is 2.68. The smallest absolute Gasteiger partial charge is 0.162 e. The molecule has 0 aromatic rings. The first-order valence-corrected chi connectivity index (χ1v) is 3.81. The number of fused-ring (bicyclic) bond motifs is 1. The fourth-order valence-electron chi connectivity index (χ4n) is 1.06. The quantitative estimate of drug-likeness (QED) is 0.629. The fraction of sp³-hybridized carbons (Fsp3) is 0. The van der Waals surface area contributed by atoms with Crippen LogP contribution in [0.2, 0.25) is 0 Å². The standard InChI is InChI=1S/C10H9NO/c1-2-4-6-10-9(5-3-1)7-8-11-12-10/h1-8,11H. The van der Waals surface area contributed by atoms with Crippen molar-refractivity contribution in [3.63, 3.8) is 0 Å². The van der Waals surface area contributed by atoms with Crippen LogP contribution in [0, 0.1) is 0 Å². The van der Waals surface area contributed by atoms with E-state index < -0.39 is 0 Å². The number of hydrogen-bond donors (Lipinski definition) is 1. The van der Waals surface area contributed by atoms with Gasteiger partial charge in [-0.1, -0.05) is 30.3 Å². The number of nitrogens with one attached hydrogen (secondary N) is 1.